The molecule has 1 aromatic heterocycles. The van der Waals surface area contributed by atoms with Crippen LogP contribution in [-0.4, -0.2) is 29.7 Å². The highest BCUT2D eigenvalue weighted by molar-refractivity contribution is 7.07. The number of aliphatic hydroxyl groups excluding tert-OH is 1. The Labute approximate surface area is 108 Å². The molecule has 0 radical (unpaired) electrons. The predicted molar refractivity (Wildman–Crippen MR) is 73.2 cm³/mol. The predicted octanol–water partition coefficient (Wildman–Crippen LogP) is 3.12. The van der Waals surface area contributed by atoms with Crippen molar-refractivity contribution in [3.8, 4) is 0 Å². The summed E-state index contributed by atoms with van der Waals surface area (Å²) in [7, 11) is 2.09. The monoisotopic (exact) mass is 253 g/mol. The van der Waals surface area contributed by atoms with Gasteiger partial charge >= 0.3 is 0 Å². The third-order valence-corrected chi connectivity index (χ3v) is 4.37. The number of nitrogens with zero attached hydrogens (tertiary/aromatic N) is 1. The first-order valence-corrected chi connectivity index (χ1v) is 7.56. The topological polar surface area (TPSA) is 23.5 Å². The second kappa shape index (κ2) is 6.53. The summed E-state index contributed by atoms with van der Waals surface area (Å²) in [6.45, 7) is 1.75. The average Bonchev–Trinajstić information content (AvgIpc) is 2.90. The fourth-order valence-corrected chi connectivity index (χ4v) is 3.48. The first-order valence-electron chi connectivity index (χ1n) is 6.61. The molecule has 2 rings (SSSR count). The molecule has 0 saturated heterocycles. The van der Waals surface area contributed by atoms with E-state index in [0.717, 1.165) is 25.4 Å². The lowest BCUT2D eigenvalue weighted by Gasteiger charge is -2.22. The highest BCUT2D eigenvalue weighted by Crippen LogP contribution is 2.28. The minimum absolute atomic E-state index is 0.151. The highest BCUT2D eigenvalue weighted by Gasteiger charge is 2.19. The summed E-state index contributed by atoms with van der Waals surface area (Å²) >= 11 is 1.74. The van der Waals surface area contributed by atoms with Crippen LogP contribution in [0.2, 0.25) is 0 Å². The summed E-state index contributed by atoms with van der Waals surface area (Å²) in [5.41, 5.74) is 1.35. The lowest BCUT2D eigenvalue weighted by Crippen LogP contribution is -2.29. The van der Waals surface area contributed by atoms with E-state index in [0.29, 0.717) is 0 Å². The molecular formula is C14H23NOS. The van der Waals surface area contributed by atoms with Gasteiger partial charge in [0.1, 0.15) is 0 Å². The van der Waals surface area contributed by atoms with E-state index < -0.39 is 0 Å². The van der Waals surface area contributed by atoms with Gasteiger partial charge in [-0.1, -0.05) is 25.7 Å². The molecule has 3 heteroatoms. The Morgan fingerprint density at radius 2 is 2.24 bits per heavy atom. The Morgan fingerprint density at radius 3 is 2.88 bits per heavy atom. The smallest absolute Gasteiger partial charge is 0.0669 e. The van der Waals surface area contributed by atoms with Crippen LogP contribution in [0, 0.1) is 5.92 Å². The van der Waals surface area contributed by atoms with Crippen molar-refractivity contribution < 1.29 is 5.11 Å². The van der Waals surface area contributed by atoms with Gasteiger partial charge < -0.3 is 5.11 Å². The van der Waals surface area contributed by atoms with Crippen molar-refractivity contribution in [2.45, 2.75) is 44.8 Å². The number of likely N-dealkylation sites (N-methyl/N-ethyl adjacent to an activating group) is 1. The van der Waals surface area contributed by atoms with E-state index in [1.165, 1.54) is 31.2 Å². The summed E-state index contributed by atoms with van der Waals surface area (Å²) in [5, 5.41) is 14.4. The number of hydrogen-bond acceptors (Lipinski definition) is 3. The van der Waals surface area contributed by atoms with Crippen LogP contribution in [0.3, 0.4) is 0 Å². The van der Waals surface area contributed by atoms with Crippen molar-refractivity contribution in [2.75, 3.05) is 13.6 Å². The second-order valence-electron chi connectivity index (χ2n) is 5.37. The van der Waals surface area contributed by atoms with Gasteiger partial charge in [0.2, 0.25) is 0 Å². The highest BCUT2D eigenvalue weighted by atomic mass is 32.1. The minimum Gasteiger partial charge on any atom is -0.392 e. The van der Waals surface area contributed by atoms with E-state index in [9.17, 15) is 5.11 Å². The van der Waals surface area contributed by atoms with Crippen molar-refractivity contribution in [1.29, 1.82) is 0 Å². The molecule has 0 aromatic carbocycles. The van der Waals surface area contributed by atoms with Crippen LogP contribution in [0.1, 0.15) is 37.7 Å². The Kier molecular flexibility index (Phi) is 5.01. The molecule has 1 N–H and O–H groups in total. The van der Waals surface area contributed by atoms with Crippen LogP contribution < -0.4 is 0 Å². The number of rotatable bonds is 6. The SMILES string of the molecule is CN(Cc1ccsc1)CC(O)CC1CCCC1. The van der Waals surface area contributed by atoms with Crippen LogP contribution in [0.25, 0.3) is 0 Å². The van der Waals surface area contributed by atoms with Gasteiger partial charge in [-0.05, 0) is 41.8 Å². The zero-order valence-corrected chi connectivity index (χ0v) is 11.5. The molecule has 1 aliphatic carbocycles. The summed E-state index contributed by atoms with van der Waals surface area (Å²) < 4.78 is 0. The lowest BCUT2D eigenvalue weighted by molar-refractivity contribution is 0.0995. The van der Waals surface area contributed by atoms with E-state index in [2.05, 4.69) is 28.8 Å². The molecule has 0 amide bonds. The number of hydrogen-bond donors (Lipinski definition) is 1. The Bertz CT molecular complexity index is 306. The van der Waals surface area contributed by atoms with Gasteiger partial charge in [0.25, 0.3) is 0 Å². The van der Waals surface area contributed by atoms with Crippen LogP contribution >= 0.6 is 11.3 Å². The first kappa shape index (κ1) is 13.1. The molecule has 0 bridgehead atoms. The number of thiophene rings is 1. The largest absolute Gasteiger partial charge is 0.392 e. The normalized spacial score (nSPS) is 19.0. The molecule has 0 aliphatic heterocycles. The Hall–Kier alpha value is -0.380. The molecule has 1 unspecified atom stereocenters. The van der Waals surface area contributed by atoms with Gasteiger partial charge in [-0.15, -0.1) is 0 Å². The fourth-order valence-electron chi connectivity index (χ4n) is 2.82. The zero-order valence-electron chi connectivity index (χ0n) is 10.6. The first-order chi connectivity index (χ1) is 8.24. The summed E-state index contributed by atoms with van der Waals surface area (Å²) in [5.74, 6) is 0.777. The molecule has 1 fully saturated rings. The van der Waals surface area contributed by atoms with Crippen molar-refractivity contribution >= 4 is 11.3 Å². The molecule has 1 aliphatic rings. The molecular weight excluding hydrogens is 230 g/mol. The lowest BCUT2D eigenvalue weighted by atomic mass is 10.00. The van der Waals surface area contributed by atoms with Crippen molar-refractivity contribution in [1.82, 2.24) is 4.90 Å². The van der Waals surface area contributed by atoms with E-state index in [-0.39, 0.29) is 6.10 Å². The number of aliphatic hydroxyl groups is 1. The Balaban J connectivity index is 1.68. The minimum atomic E-state index is -0.151. The van der Waals surface area contributed by atoms with Gasteiger partial charge in [-0.25, -0.2) is 0 Å². The van der Waals surface area contributed by atoms with E-state index in [1.54, 1.807) is 11.3 Å². The van der Waals surface area contributed by atoms with Crippen LogP contribution in [0.4, 0.5) is 0 Å². The standard InChI is InChI=1S/C14H23NOS/c1-15(9-13-6-7-17-11-13)10-14(16)8-12-4-2-3-5-12/h6-7,11-12,14,16H,2-5,8-10H2,1H3. The maximum Gasteiger partial charge on any atom is 0.0669 e. The van der Waals surface area contributed by atoms with Gasteiger partial charge in [0.05, 0.1) is 6.10 Å². The van der Waals surface area contributed by atoms with Crippen molar-refractivity contribution in [3.63, 3.8) is 0 Å². The average molecular weight is 253 g/mol. The van der Waals surface area contributed by atoms with Crippen molar-refractivity contribution in [3.05, 3.63) is 22.4 Å². The second-order valence-corrected chi connectivity index (χ2v) is 6.15. The van der Waals surface area contributed by atoms with E-state index in [1.807, 2.05) is 0 Å². The van der Waals surface area contributed by atoms with Crippen LogP contribution in [-0.2, 0) is 6.54 Å². The van der Waals surface area contributed by atoms with Crippen LogP contribution in [0.15, 0.2) is 16.8 Å². The van der Waals surface area contributed by atoms with Crippen molar-refractivity contribution in [2.24, 2.45) is 5.92 Å². The fraction of sp³-hybridized carbons (Fsp3) is 0.714. The molecule has 1 atom stereocenters. The van der Waals surface area contributed by atoms with Gasteiger partial charge in [0, 0.05) is 13.1 Å². The van der Waals surface area contributed by atoms with Gasteiger partial charge in [-0.2, -0.15) is 11.3 Å². The molecule has 1 saturated carbocycles. The summed E-state index contributed by atoms with van der Waals surface area (Å²) in [4.78, 5) is 2.22. The molecule has 0 spiro atoms. The quantitative estimate of drug-likeness (QED) is 0.842. The third kappa shape index (κ3) is 4.41. The molecule has 1 heterocycles. The maximum atomic E-state index is 10.1. The third-order valence-electron chi connectivity index (χ3n) is 3.64. The van der Waals surface area contributed by atoms with E-state index in [4.69, 9.17) is 0 Å². The zero-order chi connectivity index (χ0) is 12.1. The van der Waals surface area contributed by atoms with Gasteiger partial charge in [-0.3, -0.25) is 4.90 Å². The van der Waals surface area contributed by atoms with Gasteiger partial charge in [0.15, 0.2) is 0 Å². The molecule has 2 nitrogen and oxygen atoms in total. The molecule has 17 heavy (non-hydrogen) atoms. The van der Waals surface area contributed by atoms with Crippen LogP contribution in [0.5, 0.6) is 0 Å². The molecule has 1 aromatic rings. The molecule has 96 valence electrons. The maximum absolute atomic E-state index is 10.1. The Morgan fingerprint density at radius 1 is 1.47 bits per heavy atom. The summed E-state index contributed by atoms with van der Waals surface area (Å²) in [6, 6.07) is 2.16. The summed E-state index contributed by atoms with van der Waals surface area (Å²) in [6.07, 6.45) is 6.22. The van der Waals surface area contributed by atoms with E-state index >= 15 is 0 Å².